The van der Waals surface area contributed by atoms with Crippen LogP contribution in [0.4, 0.5) is 0 Å². The fraction of sp³-hybridized carbons (Fsp3) is 0.688. The first kappa shape index (κ1) is 14.5. The van der Waals surface area contributed by atoms with Gasteiger partial charge in [0.15, 0.2) is 0 Å². The van der Waals surface area contributed by atoms with Crippen LogP contribution in [0, 0.1) is 5.92 Å². The molecule has 0 aliphatic carbocycles. The number of likely N-dealkylation sites (tertiary alicyclic amines) is 1. The first-order valence-corrected chi connectivity index (χ1v) is 7.62. The summed E-state index contributed by atoms with van der Waals surface area (Å²) in [4.78, 5) is 7.11. The van der Waals surface area contributed by atoms with Gasteiger partial charge in [-0.3, -0.25) is 9.88 Å². The third kappa shape index (κ3) is 4.59. The van der Waals surface area contributed by atoms with E-state index < -0.39 is 0 Å². The summed E-state index contributed by atoms with van der Waals surface area (Å²) in [6.07, 6.45) is 7.47. The van der Waals surface area contributed by atoms with Gasteiger partial charge in [0.25, 0.3) is 0 Å². The van der Waals surface area contributed by atoms with E-state index in [2.05, 4.69) is 34.3 Å². The van der Waals surface area contributed by atoms with Gasteiger partial charge in [0.05, 0.1) is 5.69 Å². The minimum absolute atomic E-state index is 0.899. The number of pyridine rings is 1. The molecule has 1 aliphatic heterocycles. The molecule has 3 heteroatoms. The predicted molar refractivity (Wildman–Crippen MR) is 79.9 cm³/mol. The maximum absolute atomic E-state index is 4.57. The van der Waals surface area contributed by atoms with Gasteiger partial charge in [0.2, 0.25) is 0 Å². The summed E-state index contributed by atoms with van der Waals surface area (Å²) in [6.45, 7) is 6.69. The zero-order chi connectivity index (χ0) is 13.5. The smallest absolute Gasteiger partial charge is 0.0544 e. The van der Waals surface area contributed by atoms with E-state index in [1.54, 1.807) is 0 Å². The highest BCUT2D eigenvalue weighted by atomic mass is 15.1. The van der Waals surface area contributed by atoms with Crippen LogP contribution in [-0.4, -0.2) is 30.0 Å². The van der Waals surface area contributed by atoms with Crippen molar-refractivity contribution in [2.45, 2.75) is 45.7 Å². The third-order valence-electron chi connectivity index (χ3n) is 4.06. The molecule has 0 saturated carbocycles. The van der Waals surface area contributed by atoms with Crippen molar-refractivity contribution in [1.82, 2.24) is 15.2 Å². The Bertz CT molecular complexity index is 353. The molecule has 1 aromatic heterocycles. The van der Waals surface area contributed by atoms with Crippen LogP contribution in [0.15, 0.2) is 18.3 Å². The molecule has 19 heavy (non-hydrogen) atoms. The van der Waals surface area contributed by atoms with Crippen molar-refractivity contribution in [2.75, 3.05) is 20.1 Å². The zero-order valence-corrected chi connectivity index (χ0v) is 12.4. The molecule has 1 aromatic rings. The molecule has 0 spiro atoms. The summed E-state index contributed by atoms with van der Waals surface area (Å²) in [5, 5.41) is 3.15. The number of hydrogen-bond acceptors (Lipinski definition) is 3. The Labute approximate surface area is 117 Å². The van der Waals surface area contributed by atoms with Crippen LogP contribution in [0.2, 0.25) is 0 Å². The van der Waals surface area contributed by atoms with Crippen molar-refractivity contribution in [3.05, 3.63) is 29.6 Å². The molecule has 1 saturated heterocycles. The zero-order valence-electron chi connectivity index (χ0n) is 12.4. The Morgan fingerprint density at radius 1 is 1.32 bits per heavy atom. The number of hydrogen-bond donors (Lipinski definition) is 1. The van der Waals surface area contributed by atoms with Gasteiger partial charge in [-0.05, 0) is 50.5 Å². The lowest BCUT2D eigenvalue weighted by atomic mass is 9.92. The highest BCUT2D eigenvalue weighted by molar-refractivity contribution is 5.13. The van der Waals surface area contributed by atoms with E-state index in [-0.39, 0.29) is 0 Å². The standard InChI is InChI=1S/C16H27N3/c1-3-4-14-7-9-19(10-8-14)13-16-6-5-15(11-17-2)12-18-16/h5-6,12,14,17H,3-4,7-11,13H2,1-2H3. The quantitative estimate of drug-likeness (QED) is 0.853. The first-order chi connectivity index (χ1) is 9.31. The van der Waals surface area contributed by atoms with E-state index in [9.17, 15) is 0 Å². The van der Waals surface area contributed by atoms with Gasteiger partial charge in [0.1, 0.15) is 0 Å². The van der Waals surface area contributed by atoms with E-state index in [4.69, 9.17) is 0 Å². The molecular weight excluding hydrogens is 234 g/mol. The molecule has 1 fully saturated rings. The van der Waals surface area contributed by atoms with Crippen molar-refractivity contribution in [2.24, 2.45) is 5.92 Å². The van der Waals surface area contributed by atoms with E-state index >= 15 is 0 Å². The topological polar surface area (TPSA) is 28.2 Å². The highest BCUT2D eigenvalue weighted by Gasteiger charge is 2.18. The minimum Gasteiger partial charge on any atom is -0.316 e. The molecule has 1 aliphatic rings. The van der Waals surface area contributed by atoms with E-state index in [1.807, 2.05) is 13.2 Å². The normalized spacial score (nSPS) is 17.8. The molecular formula is C16H27N3. The lowest BCUT2D eigenvalue weighted by Gasteiger charge is -2.31. The second kappa shape index (κ2) is 7.61. The number of nitrogens with zero attached hydrogens (tertiary/aromatic N) is 2. The summed E-state index contributed by atoms with van der Waals surface area (Å²) >= 11 is 0. The number of piperidine rings is 1. The summed E-state index contributed by atoms with van der Waals surface area (Å²) < 4.78 is 0. The average Bonchev–Trinajstić information content (AvgIpc) is 2.44. The van der Waals surface area contributed by atoms with E-state index in [0.717, 1.165) is 19.0 Å². The summed E-state index contributed by atoms with van der Waals surface area (Å²) in [7, 11) is 1.97. The van der Waals surface area contributed by atoms with Gasteiger partial charge >= 0.3 is 0 Å². The van der Waals surface area contributed by atoms with Crippen molar-refractivity contribution in [1.29, 1.82) is 0 Å². The maximum atomic E-state index is 4.57. The largest absolute Gasteiger partial charge is 0.316 e. The van der Waals surface area contributed by atoms with Crippen molar-refractivity contribution in [3.8, 4) is 0 Å². The van der Waals surface area contributed by atoms with Gasteiger partial charge in [-0.25, -0.2) is 0 Å². The summed E-state index contributed by atoms with van der Waals surface area (Å²) in [5.74, 6) is 0.965. The monoisotopic (exact) mass is 261 g/mol. The Balaban J connectivity index is 1.78. The Hall–Kier alpha value is -0.930. The summed E-state index contributed by atoms with van der Waals surface area (Å²) in [6, 6.07) is 4.35. The molecule has 0 unspecified atom stereocenters. The van der Waals surface area contributed by atoms with Gasteiger partial charge in [-0.2, -0.15) is 0 Å². The molecule has 0 radical (unpaired) electrons. The maximum Gasteiger partial charge on any atom is 0.0544 e. The molecule has 1 N–H and O–H groups in total. The number of aromatic nitrogens is 1. The van der Waals surface area contributed by atoms with Gasteiger partial charge in [-0.1, -0.05) is 25.8 Å². The molecule has 3 nitrogen and oxygen atoms in total. The van der Waals surface area contributed by atoms with Crippen molar-refractivity contribution < 1.29 is 0 Å². The lowest BCUT2D eigenvalue weighted by molar-refractivity contribution is 0.170. The molecule has 0 bridgehead atoms. The van der Waals surface area contributed by atoms with Crippen LogP contribution in [0.1, 0.15) is 43.9 Å². The molecule has 0 aromatic carbocycles. The van der Waals surface area contributed by atoms with Gasteiger partial charge < -0.3 is 5.32 Å². The lowest BCUT2D eigenvalue weighted by Crippen LogP contribution is -2.33. The van der Waals surface area contributed by atoms with Crippen molar-refractivity contribution in [3.63, 3.8) is 0 Å². The fourth-order valence-electron chi connectivity index (χ4n) is 2.93. The van der Waals surface area contributed by atoms with Crippen LogP contribution in [0.3, 0.4) is 0 Å². The third-order valence-corrected chi connectivity index (χ3v) is 4.06. The average molecular weight is 261 g/mol. The molecule has 0 amide bonds. The molecule has 0 atom stereocenters. The summed E-state index contributed by atoms with van der Waals surface area (Å²) in [5.41, 5.74) is 2.46. The van der Waals surface area contributed by atoms with Crippen LogP contribution < -0.4 is 5.32 Å². The molecule has 2 rings (SSSR count). The first-order valence-electron chi connectivity index (χ1n) is 7.62. The molecule has 2 heterocycles. The number of nitrogens with one attached hydrogen (secondary N) is 1. The van der Waals surface area contributed by atoms with E-state index in [0.29, 0.717) is 0 Å². The second-order valence-corrected chi connectivity index (χ2v) is 5.70. The Morgan fingerprint density at radius 2 is 2.11 bits per heavy atom. The van der Waals surface area contributed by atoms with Gasteiger partial charge in [-0.15, -0.1) is 0 Å². The van der Waals surface area contributed by atoms with Crippen LogP contribution in [-0.2, 0) is 13.1 Å². The molecule has 106 valence electrons. The Morgan fingerprint density at radius 3 is 2.68 bits per heavy atom. The van der Waals surface area contributed by atoms with Crippen molar-refractivity contribution >= 4 is 0 Å². The second-order valence-electron chi connectivity index (χ2n) is 5.70. The van der Waals surface area contributed by atoms with Crippen LogP contribution in [0.5, 0.6) is 0 Å². The number of rotatable bonds is 6. The Kier molecular flexibility index (Phi) is 5.80. The van der Waals surface area contributed by atoms with Crippen LogP contribution in [0.25, 0.3) is 0 Å². The predicted octanol–water partition coefficient (Wildman–Crippen LogP) is 2.81. The van der Waals surface area contributed by atoms with Crippen LogP contribution >= 0.6 is 0 Å². The highest BCUT2D eigenvalue weighted by Crippen LogP contribution is 2.22. The SMILES string of the molecule is CCCC1CCN(Cc2ccc(CNC)cn2)CC1. The minimum atomic E-state index is 0.899. The fourth-order valence-corrected chi connectivity index (χ4v) is 2.93. The van der Waals surface area contributed by atoms with E-state index in [1.165, 1.54) is 50.0 Å². The van der Waals surface area contributed by atoms with Gasteiger partial charge in [0, 0.05) is 19.3 Å².